The first-order valence-electron chi connectivity index (χ1n) is 10.6. The Labute approximate surface area is 176 Å². The second-order valence-electron chi connectivity index (χ2n) is 6.92. The molecule has 0 saturated carbocycles. The number of nitrogens with one attached hydrogen (secondary N) is 2. The van der Waals surface area contributed by atoms with E-state index >= 15 is 0 Å². The molecule has 0 aromatic heterocycles. The first-order chi connectivity index (χ1) is 14.0. The highest BCUT2D eigenvalue weighted by Crippen LogP contribution is 2.34. The largest absolute Gasteiger partial charge is 0.496 e. The lowest BCUT2D eigenvalue weighted by molar-refractivity contribution is 0.292. The topological polar surface area (TPSA) is 67.4 Å². The molecule has 0 aliphatic carbocycles. The number of ether oxygens (including phenoxy) is 3. The van der Waals surface area contributed by atoms with Gasteiger partial charge in [0.05, 0.1) is 33.4 Å². The van der Waals surface area contributed by atoms with Gasteiger partial charge in [-0.2, -0.15) is 0 Å². The summed E-state index contributed by atoms with van der Waals surface area (Å²) in [6.07, 6.45) is 2.26. The average molecular weight is 409 g/mol. The Balaban J connectivity index is 2.81. The molecule has 0 radical (unpaired) electrons. The molecule has 0 heterocycles. The normalized spacial score (nSPS) is 12.6. The van der Waals surface area contributed by atoms with Crippen LogP contribution in [0.4, 0.5) is 0 Å². The average Bonchev–Trinajstić information content (AvgIpc) is 2.74. The highest BCUT2D eigenvalue weighted by atomic mass is 16.5. The summed E-state index contributed by atoms with van der Waals surface area (Å²) < 4.78 is 16.4. The van der Waals surface area contributed by atoms with Gasteiger partial charge in [-0.15, -0.1) is 0 Å². The molecule has 2 N–H and O–H groups in total. The number of guanidine groups is 1. The minimum Gasteiger partial charge on any atom is -0.496 e. The Morgan fingerprint density at radius 3 is 2.14 bits per heavy atom. The van der Waals surface area contributed by atoms with Crippen molar-refractivity contribution in [3.8, 4) is 17.2 Å². The number of nitrogens with zero attached hydrogens (tertiary/aromatic N) is 2. The molecule has 0 spiro atoms. The van der Waals surface area contributed by atoms with Crippen molar-refractivity contribution >= 4 is 5.96 Å². The molecule has 1 atom stereocenters. The molecule has 0 aliphatic heterocycles. The predicted molar refractivity (Wildman–Crippen MR) is 121 cm³/mol. The van der Waals surface area contributed by atoms with Crippen molar-refractivity contribution < 1.29 is 14.2 Å². The molecule has 0 saturated heterocycles. The number of benzene rings is 1. The molecule has 1 aromatic carbocycles. The minimum absolute atomic E-state index is 0.336. The Morgan fingerprint density at radius 2 is 1.66 bits per heavy atom. The van der Waals surface area contributed by atoms with Crippen LogP contribution >= 0.6 is 0 Å². The maximum Gasteiger partial charge on any atom is 0.191 e. The SMILES string of the molecule is CCNC(=NCc1c(OC)cc(OC)cc1OC)NC(C)CCCN(CC)CC. The van der Waals surface area contributed by atoms with Gasteiger partial charge in [0.25, 0.3) is 0 Å². The van der Waals surface area contributed by atoms with Crippen molar-refractivity contribution in [1.82, 2.24) is 15.5 Å². The summed E-state index contributed by atoms with van der Waals surface area (Å²) in [4.78, 5) is 7.21. The molecular weight excluding hydrogens is 368 g/mol. The van der Waals surface area contributed by atoms with Crippen LogP contribution in [-0.4, -0.2) is 64.4 Å². The lowest BCUT2D eigenvalue weighted by Crippen LogP contribution is -2.42. The Kier molecular flexibility index (Phi) is 12.0. The highest BCUT2D eigenvalue weighted by molar-refractivity contribution is 5.80. The third-order valence-corrected chi connectivity index (χ3v) is 4.95. The summed E-state index contributed by atoms with van der Waals surface area (Å²) >= 11 is 0. The molecule has 1 rings (SSSR count). The van der Waals surface area contributed by atoms with Gasteiger partial charge in [-0.3, -0.25) is 0 Å². The van der Waals surface area contributed by atoms with Crippen LogP contribution in [0.5, 0.6) is 17.2 Å². The van der Waals surface area contributed by atoms with Crippen LogP contribution in [-0.2, 0) is 6.54 Å². The summed E-state index contributed by atoms with van der Waals surface area (Å²) in [6, 6.07) is 4.04. The second kappa shape index (κ2) is 13.9. The molecule has 7 nitrogen and oxygen atoms in total. The maximum atomic E-state index is 5.53. The van der Waals surface area contributed by atoms with Crippen molar-refractivity contribution in [3.63, 3.8) is 0 Å². The number of rotatable bonds is 13. The zero-order valence-electron chi connectivity index (χ0n) is 19.3. The zero-order chi connectivity index (χ0) is 21.6. The van der Waals surface area contributed by atoms with Crippen LogP contribution in [0.15, 0.2) is 17.1 Å². The minimum atomic E-state index is 0.336. The summed E-state index contributed by atoms with van der Waals surface area (Å²) in [5, 5.41) is 6.83. The molecule has 1 unspecified atom stereocenters. The van der Waals surface area contributed by atoms with Gasteiger partial charge in [0.2, 0.25) is 0 Å². The predicted octanol–water partition coefficient (Wildman–Crippen LogP) is 3.28. The summed E-state index contributed by atoms with van der Waals surface area (Å²) in [5.41, 5.74) is 0.891. The van der Waals surface area contributed by atoms with Crippen LogP contribution in [0.1, 0.15) is 46.1 Å². The zero-order valence-corrected chi connectivity index (χ0v) is 19.3. The van der Waals surface area contributed by atoms with Gasteiger partial charge < -0.3 is 29.7 Å². The molecule has 0 fully saturated rings. The molecule has 0 amide bonds. The van der Waals surface area contributed by atoms with Crippen molar-refractivity contribution in [2.45, 2.75) is 53.1 Å². The van der Waals surface area contributed by atoms with Gasteiger partial charge in [-0.25, -0.2) is 4.99 Å². The first-order valence-corrected chi connectivity index (χ1v) is 10.6. The number of methoxy groups -OCH3 is 3. The molecule has 29 heavy (non-hydrogen) atoms. The fraction of sp³-hybridized carbons (Fsp3) is 0.682. The Morgan fingerprint density at radius 1 is 1.03 bits per heavy atom. The van der Waals surface area contributed by atoms with Gasteiger partial charge in [0.1, 0.15) is 17.2 Å². The monoisotopic (exact) mass is 408 g/mol. The van der Waals surface area contributed by atoms with Gasteiger partial charge in [-0.05, 0) is 46.3 Å². The number of aliphatic imine (C=N–C) groups is 1. The summed E-state index contributed by atoms with van der Waals surface area (Å²) in [6.45, 7) is 13.3. The van der Waals surface area contributed by atoms with E-state index in [0.29, 0.717) is 29.8 Å². The van der Waals surface area contributed by atoms with E-state index in [4.69, 9.17) is 19.2 Å². The van der Waals surface area contributed by atoms with Crippen LogP contribution < -0.4 is 24.8 Å². The van der Waals surface area contributed by atoms with E-state index in [-0.39, 0.29) is 0 Å². The quantitative estimate of drug-likeness (QED) is 0.386. The van der Waals surface area contributed by atoms with Crippen molar-refractivity contribution in [2.75, 3.05) is 47.5 Å². The van der Waals surface area contributed by atoms with E-state index in [2.05, 4.69) is 43.2 Å². The molecule has 0 aliphatic rings. The van der Waals surface area contributed by atoms with Crippen LogP contribution in [0.25, 0.3) is 0 Å². The van der Waals surface area contributed by atoms with Crippen LogP contribution in [0, 0.1) is 0 Å². The number of hydrogen-bond acceptors (Lipinski definition) is 5. The lowest BCUT2D eigenvalue weighted by atomic mass is 10.1. The third-order valence-electron chi connectivity index (χ3n) is 4.95. The molecule has 0 bridgehead atoms. The Hall–Kier alpha value is -2.15. The van der Waals surface area contributed by atoms with Crippen LogP contribution in [0.2, 0.25) is 0 Å². The molecular formula is C22H40N4O3. The van der Waals surface area contributed by atoms with Gasteiger partial charge in [-0.1, -0.05) is 13.8 Å². The van der Waals surface area contributed by atoms with E-state index < -0.39 is 0 Å². The fourth-order valence-electron chi connectivity index (χ4n) is 3.18. The lowest BCUT2D eigenvalue weighted by Gasteiger charge is -2.21. The smallest absolute Gasteiger partial charge is 0.191 e. The van der Waals surface area contributed by atoms with Gasteiger partial charge >= 0.3 is 0 Å². The van der Waals surface area contributed by atoms with Crippen molar-refractivity contribution in [2.24, 2.45) is 4.99 Å². The standard InChI is InChI=1S/C22H40N4O3/c1-8-23-22(25-17(4)12-11-13-26(9-2)10-3)24-16-19-20(28-6)14-18(27-5)15-21(19)29-7/h14-15,17H,8-13,16H2,1-7H3,(H2,23,24,25). The third kappa shape index (κ3) is 8.40. The van der Waals surface area contributed by atoms with Crippen molar-refractivity contribution in [1.29, 1.82) is 0 Å². The van der Waals surface area contributed by atoms with Crippen LogP contribution in [0.3, 0.4) is 0 Å². The van der Waals surface area contributed by atoms with E-state index in [1.807, 2.05) is 12.1 Å². The summed E-state index contributed by atoms with van der Waals surface area (Å²) in [5.74, 6) is 2.89. The van der Waals surface area contributed by atoms with Gasteiger partial charge in [0, 0.05) is 24.7 Å². The van der Waals surface area contributed by atoms with Gasteiger partial charge in [0.15, 0.2) is 5.96 Å². The number of hydrogen-bond donors (Lipinski definition) is 2. The maximum absolute atomic E-state index is 5.53. The van der Waals surface area contributed by atoms with Crippen molar-refractivity contribution in [3.05, 3.63) is 17.7 Å². The Bertz CT molecular complexity index is 593. The van der Waals surface area contributed by atoms with E-state index in [9.17, 15) is 0 Å². The fourth-order valence-corrected chi connectivity index (χ4v) is 3.18. The van der Waals surface area contributed by atoms with E-state index in [1.165, 1.54) is 0 Å². The second-order valence-corrected chi connectivity index (χ2v) is 6.92. The van der Waals surface area contributed by atoms with E-state index in [0.717, 1.165) is 50.5 Å². The summed E-state index contributed by atoms with van der Waals surface area (Å²) in [7, 11) is 4.91. The molecule has 7 heteroatoms. The highest BCUT2D eigenvalue weighted by Gasteiger charge is 2.14. The van der Waals surface area contributed by atoms with E-state index in [1.54, 1.807) is 21.3 Å². The molecule has 1 aromatic rings. The first kappa shape index (κ1) is 24.9. The molecule has 166 valence electrons.